The van der Waals surface area contributed by atoms with E-state index in [2.05, 4.69) is 33.0 Å². The summed E-state index contributed by atoms with van der Waals surface area (Å²) in [6.07, 6.45) is 0.979. The molecule has 2 atom stereocenters. The molecule has 20 heavy (non-hydrogen) atoms. The minimum absolute atomic E-state index is 0.0631. The molecule has 0 spiro atoms. The molecule has 0 heterocycles. The number of carbonyl (C=O) groups is 1. The highest BCUT2D eigenvalue weighted by Crippen LogP contribution is 2.27. The van der Waals surface area contributed by atoms with Gasteiger partial charge in [0.25, 0.3) is 0 Å². The molecule has 1 amide bonds. The molecular weight excluding hydrogens is 248 g/mol. The van der Waals surface area contributed by atoms with Crippen molar-refractivity contribution in [2.24, 2.45) is 17.1 Å². The van der Waals surface area contributed by atoms with Gasteiger partial charge in [0.05, 0.1) is 5.92 Å². The summed E-state index contributed by atoms with van der Waals surface area (Å²) in [7, 11) is 0. The molecule has 0 aromatic heterocycles. The SMILES string of the molecule is CCC(C)C(C(=O)NCC(C)(C)CN)c1ccccc1. The molecule has 0 aliphatic heterocycles. The van der Waals surface area contributed by atoms with Gasteiger partial charge in [-0.15, -0.1) is 0 Å². The third kappa shape index (κ3) is 4.64. The van der Waals surface area contributed by atoms with Crippen LogP contribution in [-0.4, -0.2) is 19.0 Å². The fourth-order valence-corrected chi connectivity index (χ4v) is 2.14. The Bertz CT molecular complexity index is 414. The molecule has 3 N–H and O–H groups in total. The van der Waals surface area contributed by atoms with Crippen LogP contribution in [0.3, 0.4) is 0 Å². The molecule has 1 rings (SSSR count). The van der Waals surface area contributed by atoms with Gasteiger partial charge in [-0.1, -0.05) is 64.4 Å². The van der Waals surface area contributed by atoms with E-state index in [9.17, 15) is 4.79 Å². The predicted octanol–water partition coefficient (Wildman–Crippen LogP) is 2.92. The van der Waals surface area contributed by atoms with Crippen molar-refractivity contribution >= 4 is 5.91 Å². The van der Waals surface area contributed by atoms with Gasteiger partial charge in [-0.2, -0.15) is 0 Å². The molecule has 1 aromatic carbocycles. The highest BCUT2D eigenvalue weighted by Gasteiger charge is 2.27. The zero-order valence-electron chi connectivity index (χ0n) is 13.1. The van der Waals surface area contributed by atoms with E-state index in [1.54, 1.807) is 0 Å². The van der Waals surface area contributed by atoms with Gasteiger partial charge in [-0.05, 0) is 23.4 Å². The molecular formula is C17H28N2O. The number of rotatable bonds is 7. The number of carbonyl (C=O) groups excluding carboxylic acids is 1. The van der Waals surface area contributed by atoms with Gasteiger partial charge < -0.3 is 11.1 Å². The Morgan fingerprint density at radius 2 is 1.90 bits per heavy atom. The van der Waals surface area contributed by atoms with Gasteiger partial charge in [0.15, 0.2) is 0 Å². The summed E-state index contributed by atoms with van der Waals surface area (Å²) in [5.74, 6) is 0.334. The van der Waals surface area contributed by atoms with Crippen LogP contribution in [0.15, 0.2) is 30.3 Å². The maximum Gasteiger partial charge on any atom is 0.227 e. The second-order valence-corrected chi connectivity index (χ2v) is 6.36. The summed E-state index contributed by atoms with van der Waals surface area (Å²) >= 11 is 0. The van der Waals surface area contributed by atoms with Crippen molar-refractivity contribution in [1.29, 1.82) is 0 Å². The zero-order chi connectivity index (χ0) is 15.2. The van der Waals surface area contributed by atoms with Gasteiger partial charge in [0.1, 0.15) is 0 Å². The van der Waals surface area contributed by atoms with Gasteiger partial charge in [0.2, 0.25) is 5.91 Å². The molecule has 0 saturated carbocycles. The third-order valence-electron chi connectivity index (χ3n) is 3.95. The molecule has 0 radical (unpaired) electrons. The molecule has 0 fully saturated rings. The van der Waals surface area contributed by atoms with Crippen molar-refractivity contribution in [3.8, 4) is 0 Å². The lowest BCUT2D eigenvalue weighted by Gasteiger charge is -2.27. The minimum Gasteiger partial charge on any atom is -0.355 e. The Hall–Kier alpha value is -1.35. The van der Waals surface area contributed by atoms with Crippen molar-refractivity contribution in [3.05, 3.63) is 35.9 Å². The predicted molar refractivity (Wildman–Crippen MR) is 84.5 cm³/mol. The maximum absolute atomic E-state index is 12.6. The molecule has 1 aromatic rings. The third-order valence-corrected chi connectivity index (χ3v) is 3.95. The van der Waals surface area contributed by atoms with E-state index in [1.807, 2.05) is 30.3 Å². The zero-order valence-corrected chi connectivity index (χ0v) is 13.1. The lowest BCUT2D eigenvalue weighted by molar-refractivity contribution is -0.124. The van der Waals surface area contributed by atoms with Gasteiger partial charge in [-0.3, -0.25) is 4.79 Å². The van der Waals surface area contributed by atoms with Crippen molar-refractivity contribution < 1.29 is 4.79 Å². The van der Waals surface area contributed by atoms with Crippen LogP contribution in [-0.2, 0) is 4.79 Å². The smallest absolute Gasteiger partial charge is 0.227 e. The molecule has 0 bridgehead atoms. The molecule has 2 unspecified atom stereocenters. The minimum atomic E-state index is -0.0882. The summed E-state index contributed by atoms with van der Waals surface area (Å²) < 4.78 is 0. The van der Waals surface area contributed by atoms with E-state index in [-0.39, 0.29) is 17.2 Å². The summed E-state index contributed by atoms with van der Waals surface area (Å²) in [6.45, 7) is 9.56. The lowest BCUT2D eigenvalue weighted by Crippen LogP contribution is -2.41. The van der Waals surface area contributed by atoms with Crippen LogP contribution in [0.5, 0.6) is 0 Å². The topological polar surface area (TPSA) is 55.1 Å². The van der Waals surface area contributed by atoms with Gasteiger partial charge in [-0.25, -0.2) is 0 Å². The first-order valence-electron chi connectivity index (χ1n) is 7.44. The van der Waals surface area contributed by atoms with Crippen molar-refractivity contribution in [1.82, 2.24) is 5.32 Å². The molecule has 3 nitrogen and oxygen atoms in total. The number of nitrogens with two attached hydrogens (primary N) is 1. The van der Waals surface area contributed by atoms with Crippen molar-refractivity contribution in [3.63, 3.8) is 0 Å². The Morgan fingerprint density at radius 1 is 1.30 bits per heavy atom. The molecule has 0 aliphatic carbocycles. The summed E-state index contributed by atoms with van der Waals surface area (Å²) in [5.41, 5.74) is 6.74. The maximum atomic E-state index is 12.6. The molecule has 0 saturated heterocycles. The van der Waals surface area contributed by atoms with E-state index in [4.69, 9.17) is 5.73 Å². The van der Waals surface area contributed by atoms with Crippen molar-refractivity contribution in [2.75, 3.05) is 13.1 Å². The summed E-state index contributed by atoms with van der Waals surface area (Å²) in [4.78, 5) is 12.6. The van der Waals surface area contributed by atoms with E-state index in [0.29, 0.717) is 19.0 Å². The van der Waals surface area contributed by atoms with Crippen LogP contribution in [0.2, 0.25) is 0 Å². The number of hydrogen-bond donors (Lipinski definition) is 2. The van der Waals surface area contributed by atoms with E-state index >= 15 is 0 Å². The summed E-state index contributed by atoms with van der Waals surface area (Å²) in [6, 6.07) is 10.0. The van der Waals surface area contributed by atoms with E-state index < -0.39 is 0 Å². The highest BCUT2D eigenvalue weighted by molar-refractivity contribution is 5.84. The van der Waals surface area contributed by atoms with Crippen molar-refractivity contribution in [2.45, 2.75) is 40.0 Å². The lowest BCUT2D eigenvalue weighted by atomic mass is 9.84. The van der Waals surface area contributed by atoms with E-state index in [0.717, 1.165) is 12.0 Å². The van der Waals surface area contributed by atoms with Crippen LogP contribution >= 0.6 is 0 Å². The van der Waals surface area contributed by atoms with Gasteiger partial charge >= 0.3 is 0 Å². The Kier molecular flexibility index (Phi) is 6.21. The monoisotopic (exact) mass is 276 g/mol. The molecule has 0 aliphatic rings. The van der Waals surface area contributed by atoms with E-state index in [1.165, 1.54) is 0 Å². The first-order chi connectivity index (χ1) is 9.41. The second-order valence-electron chi connectivity index (χ2n) is 6.36. The van der Waals surface area contributed by atoms with Crippen LogP contribution in [0.25, 0.3) is 0 Å². The van der Waals surface area contributed by atoms with Crippen LogP contribution < -0.4 is 11.1 Å². The second kappa shape index (κ2) is 7.44. The first-order valence-corrected chi connectivity index (χ1v) is 7.44. The highest BCUT2D eigenvalue weighted by atomic mass is 16.1. The largest absolute Gasteiger partial charge is 0.355 e. The Labute approximate surface area is 122 Å². The molecule has 112 valence electrons. The fraction of sp³-hybridized carbons (Fsp3) is 0.588. The number of benzene rings is 1. The van der Waals surface area contributed by atoms with Crippen LogP contribution in [0.1, 0.15) is 45.6 Å². The summed E-state index contributed by atoms with van der Waals surface area (Å²) in [5, 5.41) is 3.07. The quantitative estimate of drug-likeness (QED) is 0.804. The normalized spacial score (nSPS) is 14.7. The Balaban J connectivity index is 2.82. The Morgan fingerprint density at radius 3 is 2.40 bits per heavy atom. The van der Waals surface area contributed by atoms with Crippen LogP contribution in [0, 0.1) is 11.3 Å². The fourth-order valence-electron chi connectivity index (χ4n) is 2.14. The first kappa shape index (κ1) is 16.7. The number of nitrogens with one attached hydrogen (secondary N) is 1. The standard InChI is InChI=1S/C17H28N2O/c1-5-13(2)15(14-9-7-6-8-10-14)16(20)19-12-17(3,4)11-18/h6-10,13,15H,5,11-12,18H2,1-4H3,(H,19,20). The van der Waals surface area contributed by atoms with Gasteiger partial charge in [0, 0.05) is 6.54 Å². The average Bonchev–Trinajstić information content (AvgIpc) is 2.46. The number of hydrogen-bond acceptors (Lipinski definition) is 2. The van der Waals surface area contributed by atoms with Crippen LogP contribution in [0.4, 0.5) is 0 Å². The molecule has 3 heteroatoms. The average molecular weight is 276 g/mol. The number of amides is 1.